The second kappa shape index (κ2) is 6.31. The Kier molecular flexibility index (Phi) is 4.18. The first-order valence-electron chi connectivity index (χ1n) is 7.54. The molecule has 2 aromatic carbocycles. The van der Waals surface area contributed by atoms with E-state index < -0.39 is 11.1 Å². The van der Waals surface area contributed by atoms with Gasteiger partial charge in [-0.25, -0.2) is 0 Å². The van der Waals surface area contributed by atoms with Crippen molar-refractivity contribution in [2.75, 3.05) is 19.5 Å². The Bertz CT molecular complexity index is 879. The lowest BCUT2D eigenvalue weighted by Crippen LogP contribution is -2.32. The fourth-order valence-corrected chi connectivity index (χ4v) is 2.91. The number of nitrogens with one attached hydrogen (secondary N) is 1. The molecule has 0 saturated carbocycles. The minimum Gasteiger partial charge on any atom is -0.622 e. The summed E-state index contributed by atoms with van der Waals surface area (Å²) in [5, 5.41) is 27.1. The van der Waals surface area contributed by atoms with E-state index in [2.05, 4.69) is 5.32 Å². The summed E-state index contributed by atoms with van der Waals surface area (Å²) in [4.78, 5) is 10.8. The molecule has 0 aliphatic carbocycles. The van der Waals surface area contributed by atoms with Gasteiger partial charge in [-0.1, -0.05) is 12.1 Å². The molecule has 2 aromatic rings. The molecule has 0 saturated heterocycles. The number of nitrogens with zero attached hydrogens (tertiary/aromatic N) is 2. The summed E-state index contributed by atoms with van der Waals surface area (Å²) in [6, 6.07) is 9.60. The Labute approximate surface area is 144 Å². The van der Waals surface area contributed by atoms with E-state index in [9.17, 15) is 15.3 Å². The van der Waals surface area contributed by atoms with Gasteiger partial charge in [0.15, 0.2) is 17.2 Å². The number of hydrogen-bond acceptors (Lipinski definition) is 6. The van der Waals surface area contributed by atoms with Crippen molar-refractivity contribution in [2.45, 2.75) is 13.1 Å². The molecule has 25 heavy (non-hydrogen) atoms. The number of fused-ring (bicyclic) bond motifs is 1. The Morgan fingerprint density at radius 3 is 2.44 bits per heavy atom. The van der Waals surface area contributed by atoms with E-state index in [1.807, 2.05) is 0 Å². The molecule has 1 heterocycles. The Morgan fingerprint density at radius 1 is 1.16 bits per heavy atom. The smallest absolute Gasteiger partial charge is 0.281 e. The van der Waals surface area contributed by atoms with Crippen molar-refractivity contribution in [1.29, 1.82) is 0 Å². The summed E-state index contributed by atoms with van der Waals surface area (Å²) in [6.07, 6.45) is -0.910. The van der Waals surface area contributed by atoms with Crippen molar-refractivity contribution in [3.05, 3.63) is 62.8 Å². The van der Waals surface area contributed by atoms with Gasteiger partial charge in [-0.3, -0.25) is 10.1 Å². The first-order chi connectivity index (χ1) is 12.0. The molecule has 0 radical (unpaired) electrons. The van der Waals surface area contributed by atoms with Gasteiger partial charge in [0.05, 0.1) is 30.4 Å². The highest BCUT2D eigenvalue weighted by Gasteiger charge is 2.34. The van der Waals surface area contributed by atoms with E-state index in [1.54, 1.807) is 37.3 Å². The maximum absolute atomic E-state index is 12.7. The first kappa shape index (κ1) is 16.6. The third-order valence-electron chi connectivity index (χ3n) is 4.20. The van der Waals surface area contributed by atoms with E-state index in [0.717, 1.165) is 4.74 Å². The van der Waals surface area contributed by atoms with Crippen LogP contribution in [0.3, 0.4) is 0 Å². The number of methoxy groups -OCH3 is 2. The molecular formula is C17H17N3O5. The molecule has 0 spiro atoms. The molecule has 1 aliphatic rings. The van der Waals surface area contributed by atoms with Crippen LogP contribution in [0.4, 0.5) is 11.4 Å². The monoisotopic (exact) mass is 343 g/mol. The Balaban J connectivity index is 2.15. The SMILES string of the molecule is COc1cc2c(cc1OC)C(C)=[N+]([O-])C(c1ccccc1[N+](=O)[O-])N2. The summed E-state index contributed by atoms with van der Waals surface area (Å²) in [6.45, 7) is 1.67. The van der Waals surface area contributed by atoms with Crippen molar-refractivity contribution in [3.8, 4) is 11.5 Å². The van der Waals surface area contributed by atoms with Gasteiger partial charge in [0.25, 0.3) is 11.9 Å². The average Bonchev–Trinajstić information content (AvgIpc) is 2.63. The first-order valence-corrected chi connectivity index (χ1v) is 7.54. The highest BCUT2D eigenvalue weighted by Crippen LogP contribution is 2.39. The molecule has 1 aliphatic heterocycles. The second-order valence-corrected chi connectivity index (χ2v) is 5.53. The normalized spacial score (nSPS) is 16.0. The minimum atomic E-state index is -0.910. The zero-order valence-electron chi connectivity index (χ0n) is 14.0. The number of anilines is 1. The maximum Gasteiger partial charge on any atom is 0.281 e. The lowest BCUT2D eigenvalue weighted by Gasteiger charge is -2.27. The molecule has 1 unspecified atom stereocenters. The van der Waals surface area contributed by atoms with Crippen molar-refractivity contribution < 1.29 is 19.1 Å². The highest BCUT2D eigenvalue weighted by molar-refractivity contribution is 6.02. The van der Waals surface area contributed by atoms with Gasteiger partial charge in [-0.05, 0) is 12.1 Å². The van der Waals surface area contributed by atoms with Crippen molar-refractivity contribution in [2.24, 2.45) is 0 Å². The molecule has 8 nitrogen and oxygen atoms in total. The molecular weight excluding hydrogens is 326 g/mol. The van der Waals surface area contributed by atoms with Crippen LogP contribution in [0.15, 0.2) is 36.4 Å². The zero-order valence-corrected chi connectivity index (χ0v) is 14.0. The fraction of sp³-hybridized carbons (Fsp3) is 0.235. The lowest BCUT2D eigenvalue weighted by atomic mass is 10.0. The number of ether oxygens (including phenoxy) is 2. The topological polar surface area (TPSA) is 99.7 Å². The molecule has 3 rings (SSSR count). The van der Waals surface area contributed by atoms with Crippen LogP contribution in [0.25, 0.3) is 0 Å². The Morgan fingerprint density at radius 2 is 1.80 bits per heavy atom. The molecule has 0 fully saturated rings. The van der Waals surface area contributed by atoms with Crippen LogP contribution in [0.5, 0.6) is 11.5 Å². The van der Waals surface area contributed by atoms with Gasteiger partial charge in [0, 0.05) is 19.1 Å². The van der Waals surface area contributed by atoms with Crippen molar-refractivity contribution in [1.82, 2.24) is 0 Å². The number of hydroxylamine groups is 1. The molecule has 0 bridgehead atoms. The summed E-state index contributed by atoms with van der Waals surface area (Å²) >= 11 is 0. The maximum atomic E-state index is 12.7. The van der Waals surface area contributed by atoms with Crippen LogP contribution < -0.4 is 14.8 Å². The quantitative estimate of drug-likeness (QED) is 0.396. The van der Waals surface area contributed by atoms with Gasteiger partial charge in [0.2, 0.25) is 0 Å². The van der Waals surface area contributed by atoms with Gasteiger partial charge in [-0.2, -0.15) is 4.74 Å². The minimum absolute atomic E-state index is 0.113. The van der Waals surface area contributed by atoms with E-state index in [-0.39, 0.29) is 5.69 Å². The van der Waals surface area contributed by atoms with Gasteiger partial charge < -0.3 is 20.0 Å². The van der Waals surface area contributed by atoms with Crippen LogP contribution in [-0.2, 0) is 0 Å². The third-order valence-corrected chi connectivity index (χ3v) is 4.20. The highest BCUT2D eigenvalue weighted by atomic mass is 16.6. The molecule has 0 amide bonds. The molecule has 0 aromatic heterocycles. The number of para-hydroxylation sites is 1. The number of nitro benzene ring substituents is 1. The van der Waals surface area contributed by atoms with E-state index in [1.165, 1.54) is 20.3 Å². The number of benzene rings is 2. The zero-order chi connectivity index (χ0) is 18.1. The van der Waals surface area contributed by atoms with E-state index in [0.29, 0.717) is 34.0 Å². The van der Waals surface area contributed by atoms with Crippen molar-refractivity contribution in [3.63, 3.8) is 0 Å². The van der Waals surface area contributed by atoms with Gasteiger partial charge in [0.1, 0.15) is 5.56 Å². The van der Waals surface area contributed by atoms with Crippen LogP contribution in [-0.4, -0.2) is 29.6 Å². The number of rotatable bonds is 4. The van der Waals surface area contributed by atoms with Crippen LogP contribution >= 0.6 is 0 Å². The van der Waals surface area contributed by atoms with E-state index in [4.69, 9.17) is 9.47 Å². The standard InChI is InChI=1S/C17H17N3O5/c1-10-12-8-15(24-2)16(25-3)9-13(12)18-17(19(10)21)11-6-4-5-7-14(11)20(22)23/h4-9,17-18H,1-3H3. The second-order valence-electron chi connectivity index (χ2n) is 5.53. The number of nitro groups is 1. The summed E-state index contributed by atoms with van der Waals surface area (Å²) in [5.74, 6) is 1.00. The third kappa shape index (κ3) is 2.71. The average molecular weight is 343 g/mol. The summed E-state index contributed by atoms with van der Waals surface area (Å²) in [7, 11) is 3.03. The van der Waals surface area contributed by atoms with E-state index >= 15 is 0 Å². The lowest BCUT2D eigenvalue weighted by molar-refractivity contribution is -0.503. The van der Waals surface area contributed by atoms with Gasteiger partial charge >= 0.3 is 0 Å². The summed E-state index contributed by atoms with van der Waals surface area (Å²) in [5.41, 5.74) is 1.91. The van der Waals surface area contributed by atoms with Crippen LogP contribution in [0.1, 0.15) is 24.2 Å². The molecule has 1 atom stereocenters. The largest absolute Gasteiger partial charge is 0.622 e. The predicted octanol–water partition coefficient (Wildman–Crippen LogP) is 3.06. The predicted molar refractivity (Wildman–Crippen MR) is 92.4 cm³/mol. The van der Waals surface area contributed by atoms with Crippen LogP contribution in [0.2, 0.25) is 0 Å². The van der Waals surface area contributed by atoms with Gasteiger partial charge in [-0.15, -0.1) is 0 Å². The van der Waals surface area contributed by atoms with Crippen LogP contribution in [0, 0.1) is 15.3 Å². The molecule has 130 valence electrons. The fourth-order valence-electron chi connectivity index (χ4n) is 2.91. The molecule has 1 N–H and O–H groups in total. The summed E-state index contributed by atoms with van der Waals surface area (Å²) < 4.78 is 11.3. The molecule has 8 heteroatoms. The van der Waals surface area contributed by atoms with Crippen molar-refractivity contribution >= 4 is 17.1 Å². The number of hydrogen-bond donors (Lipinski definition) is 1. The Hall–Kier alpha value is -3.29.